The van der Waals surface area contributed by atoms with Crippen LogP contribution in [0.4, 0.5) is 0 Å². The minimum atomic E-state index is -2.15. The van der Waals surface area contributed by atoms with E-state index in [1.165, 1.54) is 0 Å². The van der Waals surface area contributed by atoms with E-state index in [4.69, 9.17) is 23.1 Å². The Morgan fingerprint density at radius 3 is 2.03 bits per heavy atom. The number of carboxylic acids is 1. The zero-order valence-electron chi connectivity index (χ0n) is 22.1. The van der Waals surface area contributed by atoms with Gasteiger partial charge in [0.25, 0.3) is 8.32 Å². The summed E-state index contributed by atoms with van der Waals surface area (Å²) in [4.78, 5) is 11.3. The summed E-state index contributed by atoms with van der Waals surface area (Å²) < 4.78 is 29.7. The highest BCUT2D eigenvalue weighted by Crippen LogP contribution is 2.47. The molecular formula is C27H36O7Si. The van der Waals surface area contributed by atoms with Crippen molar-refractivity contribution < 1.29 is 33.0 Å². The molecule has 1 atom stereocenters. The van der Waals surface area contributed by atoms with Crippen LogP contribution < -0.4 is 18.6 Å². The molecule has 1 heterocycles. The van der Waals surface area contributed by atoms with Gasteiger partial charge in [-0.3, -0.25) is 4.79 Å². The minimum absolute atomic E-state index is 0.00677. The van der Waals surface area contributed by atoms with Crippen molar-refractivity contribution in [3.8, 4) is 34.3 Å². The third-order valence-corrected chi connectivity index (χ3v) is 11.1. The van der Waals surface area contributed by atoms with Crippen LogP contribution in [0.1, 0.15) is 33.3 Å². The number of hydrogen-bond acceptors (Lipinski definition) is 6. The number of methoxy groups -OCH3 is 3. The van der Waals surface area contributed by atoms with Gasteiger partial charge in [0.1, 0.15) is 5.76 Å². The van der Waals surface area contributed by atoms with Crippen LogP contribution in [0.2, 0.25) is 18.1 Å². The Morgan fingerprint density at radius 2 is 1.54 bits per heavy atom. The lowest BCUT2D eigenvalue weighted by molar-refractivity contribution is -0.141. The SMILES string of the molecule is COc1cc(-c2cc3cc(CC(C)C(=O)O)cc(OC)c3o2)cc(OC)c1O[Si](C)(C)C(C)(C)C. The highest BCUT2D eigenvalue weighted by atomic mass is 28.4. The topological polar surface area (TPSA) is 87.4 Å². The Morgan fingerprint density at radius 1 is 0.971 bits per heavy atom. The summed E-state index contributed by atoms with van der Waals surface area (Å²) in [6.07, 6.45) is 0.392. The average Bonchev–Trinajstić information content (AvgIpc) is 3.21. The van der Waals surface area contributed by atoms with Crippen molar-refractivity contribution in [2.45, 2.75) is 52.2 Å². The van der Waals surface area contributed by atoms with Gasteiger partial charge in [-0.25, -0.2) is 0 Å². The van der Waals surface area contributed by atoms with Gasteiger partial charge in [-0.2, -0.15) is 0 Å². The highest BCUT2D eigenvalue weighted by Gasteiger charge is 2.40. The number of furan rings is 1. The maximum Gasteiger partial charge on any atom is 0.306 e. The molecule has 2 aromatic carbocycles. The lowest BCUT2D eigenvalue weighted by Crippen LogP contribution is -2.44. The van der Waals surface area contributed by atoms with Gasteiger partial charge in [0.05, 0.1) is 27.2 Å². The molecule has 0 spiro atoms. The van der Waals surface area contributed by atoms with Crippen LogP contribution in [0.25, 0.3) is 22.3 Å². The first-order valence-corrected chi connectivity index (χ1v) is 14.5. The number of carbonyl (C=O) groups is 1. The van der Waals surface area contributed by atoms with Gasteiger partial charge in [-0.1, -0.05) is 27.7 Å². The molecule has 7 nitrogen and oxygen atoms in total. The molecule has 1 N–H and O–H groups in total. The van der Waals surface area contributed by atoms with E-state index in [2.05, 4.69) is 33.9 Å². The molecule has 0 saturated heterocycles. The summed E-state index contributed by atoms with van der Waals surface area (Å²) in [6, 6.07) is 9.43. The molecule has 0 bridgehead atoms. The molecule has 1 unspecified atom stereocenters. The second-order valence-corrected chi connectivity index (χ2v) is 15.1. The number of hydrogen-bond donors (Lipinski definition) is 1. The van der Waals surface area contributed by atoms with E-state index in [1.807, 2.05) is 30.3 Å². The second-order valence-electron chi connectivity index (χ2n) is 10.3. The molecule has 3 rings (SSSR count). The average molecular weight is 501 g/mol. The van der Waals surface area contributed by atoms with E-state index in [0.29, 0.717) is 40.8 Å². The molecule has 0 aliphatic rings. The number of carboxylic acid groups (broad SMARTS) is 1. The van der Waals surface area contributed by atoms with Crippen LogP contribution in [0, 0.1) is 5.92 Å². The second kappa shape index (κ2) is 9.85. The van der Waals surface area contributed by atoms with Crippen molar-refractivity contribution in [1.82, 2.24) is 0 Å². The standard InChI is InChI=1S/C27H36O7Si/c1-16(26(28)29)10-17-11-19-15-20(33-24(19)21(12-17)30-5)18-13-22(31-6)25(23(14-18)32-7)34-35(8,9)27(2,3)4/h11-16H,10H2,1-9H3,(H,28,29). The molecule has 0 aliphatic carbocycles. The van der Waals surface area contributed by atoms with Crippen molar-refractivity contribution in [1.29, 1.82) is 0 Å². The molecular weight excluding hydrogens is 464 g/mol. The van der Waals surface area contributed by atoms with E-state index in [1.54, 1.807) is 28.3 Å². The Labute approximate surface area is 208 Å². The summed E-state index contributed by atoms with van der Waals surface area (Å²) in [6.45, 7) is 12.6. The lowest BCUT2D eigenvalue weighted by Gasteiger charge is -2.37. The maximum atomic E-state index is 11.3. The molecule has 0 aliphatic heterocycles. The monoisotopic (exact) mass is 500 g/mol. The molecule has 0 fully saturated rings. The zero-order chi connectivity index (χ0) is 26.1. The van der Waals surface area contributed by atoms with Crippen LogP contribution >= 0.6 is 0 Å². The Kier molecular flexibility index (Phi) is 7.45. The smallest absolute Gasteiger partial charge is 0.306 e. The van der Waals surface area contributed by atoms with Gasteiger partial charge < -0.3 is 28.2 Å². The summed E-state index contributed by atoms with van der Waals surface area (Å²) in [5.41, 5.74) is 2.22. The fourth-order valence-corrected chi connectivity index (χ4v) is 4.58. The van der Waals surface area contributed by atoms with Crippen molar-refractivity contribution >= 4 is 25.3 Å². The fourth-order valence-electron chi connectivity index (χ4n) is 3.56. The summed E-state index contributed by atoms with van der Waals surface area (Å²) >= 11 is 0. The first-order valence-electron chi connectivity index (χ1n) is 11.6. The third-order valence-electron chi connectivity index (χ3n) is 6.73. The molecule has 0 saturated carbocycles. The molecule has 190 valence electrons. The van der Waals surface area contributed by atoms with Gasteiger partial charge in [0.2, 0.25) is 0 Å². The molecule has 8 heteroatoms. The predicted molar refractivity (Wildman–Crippen MR) is 140 cm³/mol. The van der Waals surface area contributed by atoms with Crippen molar-refractivity contribution in [3.63, 3.8) is 0 Å². The number of fused-ring (bicyclic) bond motifs is 1. The van der Waals surface area contributed by atoms with Crippen LogP contribution in [0.3, 0.4) is 0 Å². The Balaban J connectivity index is 2.09. The Hall–Kier alpha value is -3.13. The van der Waals surface area contributed by atoms with Gasteiger partial charge >= 0.3 is 5.97 Å². The summed E-state index contributed by atoms with van der Waals surface area (Å²) in [7, 11) is 2.64. The molecule has 35 heavy (non-hydrogen) atoms. The molecule has 0 radical (unpaired) electrons. The zero-order valence-corrected chi connectivity index (χ0v) is 23.1. The molecule has 1 aromatic heterocycles. The predicted octanol–water partition coefficient (Wildman–Crippen LogP) is 6.77. The fraction of sp³-hybridized carbons (Fsp3) is 0.444. The largest absolute Gasteiger partial charge is 0.539 e. The first kappa shape index (κ1) is 26.5. The minimum Gasteiger partial charge on any atom is -0.539 e. The van der Waals surface area contributed by atoms with Gasteiger partial charge in [0.15, 0.2) is 28.6 Å². The quantitative estimate of drug-likeness (QED) is 0.324. The molecule has 0 amide bonds. The number of ether oxygens (including phenoxy) is 3. The summed E-state index contributed by atoms with van der Waals surface area (Å²) in [5, 5.41) is 10.1. The van der Waals surface area contributed by atoms with Gasteiger partial charge in [-0.05, 0) is 60.4 Å². The maximum absolute atomic E-state index is 11.3. The first-order chi connectivity index (χ1) is 16.3. The molecule has 3 aromatic rings. The normalized spacial score (nSPS) is 12.9. The van der Waals surface area contributed by atoms with E-state index in [0.717, 1.165) is 16.5 Å². The lowest BCUT2D eigenvalue weighted by atomic mass is 10.00. The van der Waals surface area contributed by atoms with Crippen LogP contribution in [-0.2, 0) is 11.2 Å². The number of benzene rings is 2. The van der Waals surface area contributed by atoms with Gasteiger partial charge in [-0.15, -0.1) is 0 Å². The van der Waals surface area contributed by atoms with Crippen LogP contribution in [0.5, 0.6) is 23.0 Å². The Bertz CT molecular complexity index is 1200. The van der Waals surface area contributed by atoms with Crippen molar-refractivity contribution in [3.05, 3.63) is 35.9 Å². The number of rotatable bonds is 9. The highest BCUT2D eigenvalue weighted by molar-refractivity contribution is 6.74. The van der Waals surface area contributed by atoms with E-state index < -0.39 is 20.2 Å². The van der Waals surface area contributed by atoms with Crippen molar-refractivity contribution in [2.75, 3.05) is 21.3 Å². The summed E-state index contributed by atoms with van der Waals surface area (Å²) in [5.74, 6) is 1.53. The van der Waals surface area contributed by atoms with E-state index >= 15 is 0 Å². The van der Waals surface area contributed by atoms with Crippen molar-refractivity contribution in [2.24, 2.45) is 5.92 Å². The van der Waals surface area contributed by atoms with E-state index in [9.17, 15) is 9.90 Å². The van der Waals surface area contributed by atoms with Crippen LogP contribution in [0.15, 0.2) is 34.7 Å². The third kappa shape index (κ3) is 5.42. The van der Waals surface area contributed by atoms with Gasteiger partial charge in [0, 0.05) is 10.9 Å². The number of aliphatic carboxylic acids is 1. The van der Waals surface area contributed by atoms with E-state index in [-0.39, 0.29) is 5.04 Å². The van der Waals surface area contributed by atoms with Crippen LogP contribution in [-0.4, -0.2) is 40.7 Å².